The maximum absolute atomic E-state index is 5.32. The molecule has 0 aliphatic heterocycles. The van der Waals surface area contributed by atoms with Crippen molar-refractivity contribution in [2.45, 2.75) is 6.92 Å². The Bertz CT molecular complexity index is 1020. The molecule has 0 atom stereocenters. The van der Waals surface area contributed by atoms with Gasteiger partial charge in [-0.3, -0.25) is 0 Å². The molecule has 0 fully saturated rings. The fourth-order valence-corrected chi connectivity index (χ4v) is 3.31. The van der Waals surface area contributed by atoms with Crippen molar-refractivity contribution < 1.29 is 4.74 Å². The first kappa shape index (κ1) is 17.9. The lowest BCUT2D eigenvalue weighted by atomic mass is 10.0. The van der Waals surface area contributed by atoms with Gasteiger partial charge in [0.2, 0.25) is 0 Å². The van der Waals surface area contributed by atoms with Crippen LogP contribution >= 0.6 is 0 Å². The molecule has 28 heavy (non-hydrogen) atoms. The normalized spacial score (nSPS) is 10.5. The van der Waals surface area contributed by atoms with E-state index in [1.807, 2.05) is 18.2 Å². The van der Waals surface area contributed by atoms with E-state index in [1.54, 1.807) is 7.11 Å². The third-order valence-corrected chi connectivity index (χ3v) is 4.86. The zero-order chi connectivity index (χ0) is 19.3. The van der Waals surface area contributed by atoms with Crippen LogP contribution in [-0.2, 0) is 0 Å². The molecule has 0 spiro atoms. The third-order valence-electron chi connectivity index (χ3n) is 4.86. The van der Waals surface area contributed by atoms with Crippen molar-refractivity contribution in [1.82, 2.24) is 0 Å². The van der Waals surface area contributed by atoms with Crippen molar-refractivity contribution >= 4 is 17.1 Å². The lowest BCUT2D eigenvalue weighted by Crippen LogP contribution is -2.09. The van der Waals surface area contributed by atoms with Crippen LogP contribution in [0.4, 0.5) is 17.1 Å². The van der Waals surface area contributed by atoms with Crippen molar-refractivity contribution in [3.05, 3.63) is 109 Å². The van der Waals surface area contributed by atoms with Gasteiger partial charge >= 0.3 is 0 Å². The first-order chi connectivity index (χ1) is 13.7. The van der Waals surface area contributed by atoms with E-state index in [1.165, 1.54) is 16.7 Å². The Hall–Kier alpha value is -3.52. The van der Waals surface area contributed by atoms with Crippen molar-refractivity contribution in [2.75, 3.05) is 12.0 Å². The first-order valence-corrected chi connectivity index (χ1v) is 9.41. The SMILES string of the molecule is COc1ccc(N(c2ccc(C)cc2)c2ccc(-c3ccccc3)cc2)cc1. The van der Waals surface area contributed by atoms with Crippen LogP contribution in [-0.4, -0.2) is 7.11 Å². The molecule has 0 bridgehead atoms. The standard InChI is InChI=1S/C26H23NO/c1-20-8-12-23(13-9-20)27(25-16-18-26(28-2)19-17-25)24-14-10-22(11-15-24)21-6-4-3-5-7-21/h3-19H,1-2H3. The summed E-state index contributed by atoms with van der Waals surface area (Å²) in [6, 6.07) is 35.9. The molecule has 2 heteroatoms. The second kappa shape index (κ2) is 8.01. The Labute approximate surface area is 166 Å². The van der Waals surface area contributed by atoms with Crippen LogP contribution in [0, 0.1) is 6.92 Å². The molecule has 0 aliphatic carbocycles. The summed E-state index contributed by atoms with van der Waals surface area (Å²) < 4.78 is 5.32. The van der Waals surface area contributed by atoms with E-state index >= 15 is 0 Å². The van der Waals surface area contributed by atoms with Gasteiger partial charge < -0.3 is 9.64 Å². The van der Waals surface area contributed by atoms with Crippen LogP contribution in [0.5, 0.6) is 5.75 Å². The van der Waals surface area contributed by atoms with Crippen molar-refractivity contribution in [3.63, 3.8) is 0 Å². The number of hydrogen-bond donors (Lipinski definition) is 0. The molecule has 4 aromatic carbocycles. The molecule has 4 rings (SSSR count). The van der Waals surface area contributed by atoms with Crippen molar-refractivity contribution in [1.29, 1.82) is 0 Å². The summed E-state index contributed by atoms with van der Waals surface area (Å²) in [7, 11) is 1.69. The van der Waals surface area contributed by atoms with E-state index in [-0.39, 0.29) is 0 Å². The van der Waals surface area contributed by atoms with Crippen LogP contribution in [0.3, 0.4) is 0 Å². The first-order valence-electron chi connectivity index (χ1n) is 9.41. The summed E-state index contributed by atoms with van der Waals surface area (Å²) in [4.78, 5) is 2.26. The Kier molecular flexibility index (Phi) is 5.11. The zero-order valence-corrected chi connectivity index (χ0v) is 16.2. The van der Waals surface area contributed by atoms with Gasteiger partial charge in [0.05, 0.1) is 7.11 Å². The maximum Gasteiger partial charge on any atom is 0.119 e. The number of hydrogen-bond acceptors (Lipinski definition) is 2. The molecule has 0 aliphatic rings. The lowest BCUT2D eigenvalue weighted by molar-refractivity contribution is 0.415. The Morgan fingerprint density at radius 3 is 1.54 bits per heavy atom. The van der Waals surface area contributed by atoms with Gasteiger partial charge in [-0.2, -0.15) is 0 Å². The predicted molar refractivity (Wildman–Crippen MR) is 118 cm³/mol. The Morgan fingerprint density at radius 1 is 0.536 bits per heavy atom. The Morgan fingerprint density at radius 2 is 1.00 bits per heavy atom. The van der Waals surface area contributed by atoms with E-state index in [0.29, 0.717) is 0 Å². The molecule has 0 saturated heterocycles. The smallest absolute Gasteiger partial charge is 0.119 e. The largest absolute Gasteiger partial charge is 0.497 e. The highest BCUT2D eigenvalue weighted by molar-refractivity contribution is 5.78. The highest BCUT2D eigenvalue weighted by Crippen LogP contribution is 2.36. The second-order valence-corrected chi connectivity index (χ2v) is 6.78. The number of benzene rings is 4. The van der Waals surface area contributed by atoms with Gasteiger partial charge in [-0.25, -0.2) is 0 Å². The predicted octanol–water partition coefficient (Wildman–Crippen LogP) is 7.14. The van der Waals surface area contributed by atoms with Gasteiger partial charge in [-0.15, -0.1) is 0 Å². The minimum Gasteiger partial charge on any atom is -0.497 e. The van der Waals surface area contributed by atoms with E-state index in [9.17, 15) is 0 Å². The number of rotatable bonds is 5. The number of anilines is 3. The highest BCUT2D eigenvalue weighted by atomic mass is 16.5. The summed E-state index contributed by atoms with van der Waals surface area (Å²) >= 11 is 0. The van der Waals surface area contributed by atoms with Gasteiger partial charge in [0.1, 0.15) is 5.75 Å². The molecule has 0 amide bonds. The number of ether oxygens (including phenoxy) is 1. The highest BCUT2D eigenvalue weighted by Gasteiger charge is 2.12. The molecule has 138 valence electrons. The molecule has 0 saturated carbocycles. The van der Waals surface area contributed by atoms with Crippen molar-refractivity contribution in [3.8, 4) is 16.9 Å². The molecule has 0 radical (unpaired) electrons. The maximum atomic E-state index is 5.32. The molecule has 0 aromatic heterocycles. The summed E-state index contributed by atoms with van der Waals surface area (Å²) in [5.74, 6) is 0.854. The lowest BCUT2D eigenvalue weighted by Gasteiger charge is -2.26. The van der Waals surface area contributed by atoms with E-state index in [2.05, 4.69) is 96.8 Å². The van der Waals surface area contributed by atoms with E-state index < -0.39 is 0 Å². The van der Waals surface area contributed by atoms with Crippen molar-refractivity contribution in [2.24, 2.45) is 0 Å². The van der Waals surface area contributed by atoms with Crippen LogP contribution in [0.25, 0.3) is 11.1 Å². The van der Waals surface area contributed by atoms with Crippen LogP contribution < -0.4 is 9.64 Å². The van der Waals surface area contributed by atoms with Crippen LogP contribution in [0.15, 0.2) is 103 Å². The number of nitrogens with zero attached hydrogens (tertiary/aromatic N) is 1. The van der Waals surface area contributed by atoms with Gasteiger partial charge in [0.25, 0.3) is 0 Å². The Balaban J connectivity index is 1.75. The number of aryl methyl sites for hydroxylation is 1. The van der Waals surface area contributed by atoms with Gasteiger partial charge in [0, 0.05) is 17.1 Å². The van der Waals surface area contributed by atoms with Crippen LogP contribution in [0.2, 0.25) is 0 Å². The quantitative estimate of drug-likeness (QED) is 0.373. The summed E-state index contributed by atoms with van der Waals surface area (Å²) in [5, 5.41) is 0. The zero-order valence-electron chi connectivity index (χ0n) is 16.2. The monoisotopic (exact) mass is 365 g/mol. The minimum atomic E-state index is 0.854. The average molecular weight is 365 g/mol. The third kappa shape index (κ3) is 3.77. The molecular formula is C26H23NO. The van der Waals surface area contributed by atoms with E-state index in [4.69, 9.17) is 4.74 Å². The minimum absolute atomic E-state index is 0.854. The van der Waals surface area contributed by atoms with Gasteiger partial charge in [-0.05, 0) is 66.6 Å². The summed E-state index contributed by atoms with van der Waals surface area (Å²) in [6.07, 6.45) is 0. The second-order valence-electron chi connectivity index (χ2n) is 6.78. The molecule has 2 nitrogen and oxygen atoms in total. The molecule has 0 N–H and O–H groups in total. The molecule has 0 unspecified atom stereocenters. The summed E-state index contributed by atoms with van der Waals surface area (Å²) in [5.41, 5.74) is 7.02. The fraction of sp³-hybridized carbons (Fsp3) is 0.0769. The van der Waals surface area contributed by atoms with Crippen LogP contribution in [0.1, 0.15) is 5.56 Å². The van der Waals surface area contributed by atoms with E-state index in [0.717, 1.165) is 22.8 Å². The molecule has 0 heterocycles. The summed E-state index contributed by atoms with van der Waals surface area (Å²) in [6.45, 7) is 2.11. The topological polar surface area (TPSA) is 12.5 Å². The van der Waals surface area contributed by atoms with Gasteiger partial charge in [-0.1, -0.05) is 60.2 Å². The fourth-order valence-electron chi connectivity index (χ4n) is 3.31. The number of methoxy groups -OCH3 is 1. The molecular weight excluding hydrogens is 342 g/mol. The van der Waals surface area contributed by atoms with Gasteiger partial charge in [0.15, 0.2) is 0 Å². The molecule has 4 aromatic rings. The average Bonchev–Trinajstić information content (AvgIpc) is 2.77.